The summed E-state index contributed by atoms with van der Waals surface area (Å²) in [6.07, 6.45) is 0. The van der Waals surface area contributed by atoms with Crippen molar-refractivity contribution in [3.05, 3.63) is 108 Å². The molecule has 0 aliphatic carbocycles. The van der Waals surface area contributed by atoms with E-state index in [4.69, 9.17) is 5.73 Å². The van der Waals surface area contributed by atoms with E-state index in [1.165, 1.54) is 24.3 Å². The van der Waals surface area contributed by atoms with E-state index in [2.05, 4.69) is 15.0 Å². The predicted molar refractivity (Wildman–Crippen MR) is 125 cm³/mol. The summed E-state index contributed by atoms with van der Waals surface area (Å²) in [4.78, 5) is 16.8. The molecule has 4 aromatic rings. The Hall–Kier alpha value is -4.31. The van der Waals surface area contributed by atoms with Gasteiger partial charge in [0.15, 0.2) is 0 Å². The number of aromatic nitrogens is 1. The molecule has 0 aliphatic heterocycles. The number of rotatable bonds is 7. The zero-order chi connectivity index (χ0) is 24.3. The average Bonchev–Trinajstić information content (AvgIpc) is 2.81. The number of nitrogen functional groups attached to an aromatic ring is 1. The van der Waals surface area contributed by atoms with Crippen molar-refractivity contribution in [2.75, 3.05) is 15.8 Å². The second-order valence-electron chi connectivity index (χ2n) is 7.18. The number of hydrogen-bond acceptors (Lipinski definition) is 6. The van der Waals surface area contributed by atoms with Crippen LogP contribution in [0.1, 0.15) is 15.9 Å². The molecule has 0 spiro atoms. The lowest BCUT2D eigenvalue weighted by molar-refractivity contribution is 0.103. The quantitative estimate of drug-likeness (QED) is 0.330. The van der Waals surface area contributed by atoms with Crippen LogP contribution in [0.25, 0.3) is 0 Å². The molecule has 0 unspecified atom stereocenters. The minimum atomic E-state index is -3.72. The first-order valence-corrected chi connectivity index (χ1v) is 11.4. The molecule has 7 nitrogen and oxygen atoms in total. The number of hydrogen-bond donors (Lipinski definition) is 3. The van der Waals surface area contributed by atoms with Gasteiger partial charge in [-0.05, 0) is 60.7 Å². The molecule has 0 aliphatic rings. The molecule has 1 aromatic heterocycles. The van der Waals surface area contributed by atoms with Crippen molar-refractivity contribution in [1.29, 1.82) is 0 Å². The van der Waals surface area contributed by atoms with Gasteiger partial charge in [0.25, 0.3) is 10.0 Å². The summed E-state index contributed by atoms with van der Waals surface area (Å²) in [7, 11) is -3.72. The van der Waals surface area contributed by atoms with E-state index < -0.39 is 33.0 Å². The smallest absolute Gasteiger partial charge is 0.261 e. The number of sulfonamides is 1. The molecule has 172 valence electrons. The molecule has 0 saturated heterocycles. The summed E-state index contributed by atoms with van der Waals surface area (Å²) in [6, 6.07) is 20.2. The summed E-state index contributed by atoms with van der Waals surface area (Å²) in [5.41, 5.74) is 5.95. The number of carbonyl (C=O) groups excluding carboxylic acids is 1. The fraction of sp³-hybridized carbons (Fsp3) is 0. The van der Waals surface area contributed by atoms with Crippen molar-refractivity contribution >= 4 is 38.8 Å². The number of nitrogens with one attached hydrogen (secondary N) is 2. The molecule has 0 bridgehead atoms. The van der Waals surface area contributed by atoms with Crippen LogP contribution in [0.3, 0.4) is 0 Å². The van der Waals surface area contributed by atoms with E-state index in [0.717, 1.165) is 18.2 Å². The third-order valence-corrected chi connectivity index (χ3v) is 6.22. The lowest BCUT2D eigenvalue weighted by atomic mass is 10.0. The van der Waals surface area contributed by atoms with Crippen LogP contribution in [-0.4, -0.2) is 19.2 Å². The van der Waals surface area contributed by atoms with Crippen molar-refractivity contribution in [3.63, 3.8) is 0 Å². The highest BCUT2D eigenvalue weighted by molar-refractivity contribution is 7.92. The van der Waals surface area contributed by atoms with Crippen molar-refractivity contribution in [1.82, 2.24) is 4.98 Å². The standard InChI is InChI=1S/C24H18F2N4O3S/c25-19-7-4-8-20(26)22(19)23(31)18-13-14-21(29-24(18)27)28-15-9-11-16(12-10-15)30-34(32,33)17-5-2-1-3-6-17/h1-14,30H,(H3,27,28,29). The summed E-state index contributed by atoms with van der Waals surface area (Å²) >= 11 is 0. The summed E-state index contributed by atoms with van der Waals surface area (Å²) in [5.74, 6) is -2.82. The molecule has 34 heavy (non-hydrogen) atoms. The third kappa shape index (κ3) is 4.86. The van der Waals surface area contributed by atoms with Crippen molar-refractivity contribution < 1.29 is 22.0 Å². The van der Waals surface area contributed by atoms with Gasteiger partial charge in [0.05, 0.1) is 16.0 Å². The fourth-order valence-electron chi connectivity index (χ4n) is 3.17. The Kier molecular flexibility index (Phi) is 6.24. The van der Waals surface area contributed by atoms with Crippen LogP contribution in [0.2, 0.25) is 0 Å². The molecule has 0 radical (unpaired) electrons. The Morgan fingerprint density at radius 3 is 2.03 bits per heavy atom. The second-order valence-corrected chi connectivity index (χ2v) is 8.86. The first-order chi connectivity index (χ1) is 16.2. The molecular weight excluding hydrogens is 462 g/mol. The van der Waals surface area contributed by atoms with Crippen LogP contribution in [0.15, 0.2) is 89.8 Å². The molecular formula is C24H18F2N4O3S. The Morgan fingerprint density at radius 2 is 1.41 bits per heavy atom. The molecule has 0 fully saturated rings. The number of ketones is 1. The topological polar surface area (TPSA) is 114 Å². The number of anilines is 4. The van der Waals surface area contributed by atoms with Crippen LogP contribution in [-0.2, 0) is 10.0 Å². The first kappa shape index (κ1) is 22.9. The highest BCUT2D eigenvalue weighted by Crippen LogP contribution is 2.24. The zero-order valence-electron chi connectivity index (χ0n) is 17.5. The Bertz CT molecular complexity index is 1440. The normalized spacial score (nSPS) is 11.1. The van der Waals surface area contributed by atoms with Gasteiger partial charge in [0.2, 0.25) is 5.78 Å². The lowest BCUT2D eigenvalue weighted by Crippen LogP contribution is -2.12. The largest absolute Gasteiger partial charge is 0.383 e. The van der Waals surface area contributed by atoms with Crippen LogP contribution < -0.4 is 15.8 Å². The van der Waals surface area contributed by atoms with Gasteiger partial charge in [0.1, 0.15) is 23.3 Å². The second kappa shape index (κ2) is 9.28. The number of nitrogens with two attached hydrogens (primary N) is 1. The predicted octanol–water partition coefficient (Wildman–Crippen LogP) is 4.72. The molecule has 10 heteroatoms. The van der Waals surface area contributed by atoms with E-state index in [0.29, 0.717) is 11.4 Å². The molecule has 4 N–H and O–H groups in total. The van der Waals surface area contributed by atoms with Gasteiger partial charge in [-0.15, -0.1) is 0 Å². The van der Waals surface area contributed by atoms with Crippen LogP contribution in [0.5, 0.6) is 0 Å². The number of carbonyl (C=O) groups is 1. The highest BCUT2D eigenvalue weighted by Gasteiger charge is 2.21. The number of pyridine rings is 1. The Morgan fingerprint density at radius 1 is 0.794 bits per heavy atom. The van der Waals surface area contributed by atoms with E-state index >= 15 is 0 Å². The summed E-state index contributed by atoms with van der Waals surface area (Å²) < 4.78 is 55.2. The number of nitrogens with zero attached hydrogens (tertiary/aromatic N) is 1. The minimum Gasteiger partial charge on any atom is -0.383 e. The van der Waals surface area contributed by atoms with E-state index in [1.807, 2.05) is 0 Å². The van der Waals surface area contributed by atoms with Gasteiger partial charge in [-0.2, -0.15) is 0 Å². The number of halogens is 2. The van der Waals surface area contributed by atoms with Crippen molar-refractivity contribution in [2.45, 2.75) is 4.90 Å². The fourth-order valence-corrected chi connectivity index (χ4v) is 4.25. The molecule has 0 amide bonds. The monoisotopic (exact) mass is 480 g/mol. The lowest BCUT2D eigenvalue weighted by Gasteiger charge is -2.11. The van der Waals surface area contributed by atoms with E-state index in [9.17, 15) is 22.0 Å². The Balaban J connectivity index is 1.48. The van der Waals surface area contributed by atoms with E-state index in [1.54, 1.807) is 42.5 Å². The zero-order valence-corrected chi connectivity index (χ0v) is 18.3. The molecule has 4 rings (SSSR count). The van der Waals surface area contributed by atoms with Gasteiger partial charge in [-0.25, -0.2) is 22.2 Å². The first-order valence-electron chi connectivity index (χ1n) is 9.95. The maximum atomic E-state index is 13.9. The average molecular weight is 480 g/mol. The Labute approximate surface area is 194 Å². The highest BCUT2D eigenvalue weighted by atomic mass is 32.2. The maximum Gasteiger partial charge on any atom is 0.261 e. The van der Waals surface area contributed by atoms with Crippen molar-refractivity contribution in [2.24, 2.45) is 0 Å². The van der Waals surface area contributed by atoms with E-state index in [-0.39, 0.29) is 22.1 Å². The van der Waals surface area contributed by atoms with Gasteiger partial charge >= 0.3 is 0 Å². The molecule has 1 heterocycles. The van der Waals surface area contributed by atoms with Gasteiger partial charge in [-0.1, -0.05) is 24.3 Å². The van der Waals surface area contributed by atoms with Crippen molar-refractivity contribution in [3.8, 4) is 0 Å². The van der Waals surface area contributed by atoms with Crippen LogP contribution >= 0.6 is 0 Å². The van der Waals surface area contributed by atoms with Gasteiger partial charge in [0, 0.05) is 11.4 Å². The third-order valence-electron chi connectivity index (χ3n) is 4.82. The summed E-state index contributed by atoms with van der Waals surface area (Å²) in [6.45, 7) is 0. The molecule has 0 saturated carbocycles. The van der Waals surface area contributed by atoms with Gasteiger partial charge in [-0.3, -0.25) is 9.52 Å². The minimum absolute atomic E-state index is 0.139. The summed E-state index contributed by atoms with van der Waals surface area (Å²) in [5, 5.41) is 2.97. The van der Waals surface area contributed by atoms with Crippen LogP contribution in [0.4, 0.5) is 31.8 Å². The molecule has 3 aromatic carbocycles. The molecule has 0 atom stereocenters. The number of benzene rings is 3. The maximum absolute atomic E-state index is 13.9. The van der Waals surface area contributed by atoms with Crippen LogP contribution in [0, 0.1) is 11.6 Å². The van der Waals surface area contributed by atoms with Gasteiger partial charge < -0.3 is 11.1 Å². The SMILES string of the molecule is Nc1nc(Nc2ccc(NS(=O)(=O)c3ccccc3)cc2)ccc1C(=O)c1c(F)cccc1F.